The Balaban J connectivity index is 1.43. The second-order valence-electron chi connectivity index (χ2n) is 8.49. The van der Waals surface area contributed by atoms with Gasteiger partial charge in [0.1, 0.15) is 0 Å². The summed E-state index contributed by atoms with van der Waals surface area (Å²) in [6, 6.07) is 43.1. The van der Waals surface area contributed by atoms with Gasteiger partial charge in [-0.15, -0.1) is 0 Å². The Hall–Kier alpha value is -4.30. The third-order valence-corrected chi connectivity index (χ3v) is 6.25. The minimum absolute atomic E-state index is 1.09. The van der Waals surface area contributed by atoms with Gasteiger partial charge >= 0.3 is 0 Å². The van der Waals surface area contributed by atoms with E-state index in [0.717, 1.165) is 11.4 Å². The van der Waals surface area contributed by atoms with E-state index in [1.165, 1.54) is 44.2 Å². The number of nitrogens with one attached hydrogen (secondary N) is 1. The molecule has 0 radical (unpaired) electrons. The maximum atomic E-state index is 3.46. The van der Waals surface area contributed by atoms with Crippen LogP contribution in [0.3, 0.4) is 0 Å². The largest absolute Gasteiger partial charge is 0.356 e. The van der Waals surface area contributed by atoms with Crippen LogP contribution >= 0.6 is 0 Å². The molecule has 0 saturated heterocycles. The fraction of sp³-hybridized carbons (Fsp3) is 0.0323. The number of aromatic nitrogens is 1. The highest BCUT2D eigenvalue weighted by molar-refractivity contribution is 6.10. The highest BCUT2D eigenvalue weighted by atomic mass is 15.0. The van der Waals surface area contributed by atoms with Crippen molar-refractivity contribution in [2.75, 3.05) is 5.32 Å². The van der Waals surface area contributed by atoms with Crippen LogP contribution in [0.4, 0.5) is 11.4 Å². The first-order valence-corrected chi connectivity index (χ1v) is 11.3. The minimum atomic E-state index is 1.09. The molecule has 2 nitrogen and oxygen atoms in total. The number of fused-ring (bicyclic) bond motifs is 3. The Morgan fingerprint density at radius 3 is 1.94 bits per heavy atom. The van der Waals surface area contributed by atoms with Gasteiger partial charge in [-0.25, -0.2) is 0 Å². The summed E-state index contributed by atoms with van der Waals surface area (Å²) in [5, 5.41) is 6.01. The average Bonchev–Trinajstić information content (AvgIpc) is 3.19. The predicted molar refractivity (Wildman–Crippen MR) is 141 cm³/mol. The van der Waals surface area contributed by atoms with E-state index in [1.54, 1.807) is 0 Å². The first kappa shape index (κ1) is 19.4. The first-order chi connectivity index (χ1) is 16.3. The molecule has 0 atom stereocenters. The molecule has 6 rings (SSSR count). The van der Waals surface area contributed by atoms with Crippen LogP contribution in [0, 0.1) is 6.92 Å². The maximum absolute atomic E-state index is 3.46. The molecule has 6 aromatic rings. The molecular formula is C31H24N2. The van der Waals surface area contributed by atoms with E-state index in [9.17, 15) is 0 Å². The molecular weight excluding hydrogens is 400 g/mol. The van der Waals surface area contributed by atoms with Crippen LogP contribution in [0.25, 0.3) is 38.6 Å². The molecule has 1 heterocycles. The zero-order chi connectivity index (χ0) is 22.2. The van der Waals surface area contributed by atoms with Crippen molar-refractivity contribution in [1.29, 1.82) is 0 Å². The molecule has 0 aliphatic rings. The van der Waals surface area contributed by atoms with Gasteiger partial charge in [0.2, 0.25) is 0 Å². The summed E-state index contributed by atoms with van der Waals surface area (Å²) in [6.07, 6.45) is 0. The highest BCUT2D eigenvalue weighted by Gasteiger charge is 2.13. The zero-order valence-corrected chi connectivity index (χ0v) is 18.5. The van der Waals surface area contributed by atoms with Crippen molar-refractivity contribution in [2.24, 2.45) is 0 Å². The fourth-order valence-electron chi connectivity index (χ4n) is 4.56. The van der Waals surface area contributed by atoms with Crippen LogP contribution in [-0.4, -0.2) is 4.57 Å². The van der Waals surface area contributed by atoms with Gasteiger partial charge in [0.05, 0.1) is 11.0 Å². The third-order valence-electron chi connectivity index (χ3n) is 6.25. The summed E-state index contributed by atoms with van der Waals surface area (Å²) in [5.74, 6) is 0. The Bertz CT molecular complexity index is 1560. The van der Waals surface area contributed by atoms with Crippen LogP contribution in [0.1, 0.15) is 5.56 Å². The molecule has 0 fully saturated rings. The van der Waals surface area contributed by atoms with Crippen molar-refractivity contribution >= 4 is 33.2 Å². The van der Waals surface area contributed by atoms with Crippen molar-refractivity contribution in [3.8, 4) is 16.8 Å². The standard InChI is InChI=1S/C31H24N2/c1-22-11-18-27(19-12-22)33-30-10-6-5-9-28(30)29-21-24(15-20-31(29)33)23-13-16-26(17-14-23)32-25-7-3-2-4-8-25/h2-21,32H,1H3. The molecule has 0 saturated carbocycles. The Kier molecular flexibility index (Phi) is 4.70. The predicted octanol–water partition coefficient (Wildman–Crippen LogP) is 8.50. The Morgan fingerprint density at radius 2 is 1.15 bits per heavy atom. The Labute approximate surface area is 193 Å². The molecule has 33 heavy (non-hydrogen) atoms. The topological polar surface area (TPSA) is 17.0 Å². The van der Waals surface area contributed by atoms with Gasteiger partial charge in [-0.1, -0.05) is 72.3 Å². The minimum Gasteiger partial charge on any atom is -0.356 e. The molecule has 0 aliphatic heterocycles. The molecule has 1 aromatic heterocycles. The van der Waals surface area contributed by atoms with E-state index < -0.39 is 0 Å². The smallest absolute Gasteiger partial charge is 0.0541 e. The van der Waals surface area contributed by atoms with Crippen LogP contribution in [-0.2, 0) is 0 Å². The average molecular weight is 425 g/mol. The van der Waals surface area contributed by atoms with E-state index in [0.29, 0.717) is 0 Å². The highest BCUT2D eigenvalue weighted by Crippen LogP contribution is 2.35. The summed E-state index contributed by atoms with van der Waals surface area (Å²) in [7, 11) is 0. The maximum Gasteiger partial charge on any atom is 0.0541 e. The number of para-hydroxylation sites is 2. The van der Waals surface area contributed by atoms with Crippen LogP contribution in [0.5, 0.6) is 0 Å². The van der Waals surface area contributed by atoms with Gasteiger partial charge in [-0.2, -0.15) is 0 Å². The number of hydrogen-bond donors (Lipinski definition) is 1. The van der Waals surface area contributed by atoms with Crippen molar-refractivity contribution in [3.05, 3.63) is 127 Å². The molecule has 0 unspecified atom stereocenters. The summed E-state index contributed by atoms with van der Waals surface area (Å²) < 4.78 is 2.36. The molecule has 1 N–H and O–H groups in total. The van der Waals surface area contributed by atoms with Gasteiger partial charge in [0, 0.05) is 27.8 Å². The SMILES string of the molecule is Cc1ccc(-n2c3ccccc3c3cc(-c4ccc(Nc5ccccc5)cc4)ccc32)cc1. The summed E-state index contributed by atoms with van der Waals surface area (Å²) >= 11 is 0. The lowest BCUT2D eigenvalue weighted by Crippen LogP contribution is -1.93. The molecule has 2 heteroatoms. The fourth-order valence-corrected chi connectivity index (χ4v) is 4.56. The van der Waals surface area contributed by atoms with Crippen LogP contribution in [0.15, 0.2) is 121 Å². The second-order valence-corrected chi connectivity index (χ2v) is 8.49. The number of nitrogens with zero attached hydrogens (tertiary/aromatic N) is 1. The van der Waals surface area contributed by atoms with E-state index in [2.05, 4.69) is 120 Å². The number of hydrogen-bond acceptors (Lipinski definition) is 1. The molecule has 0 bridgehead atoms. The molecule has 5 aromatic carbocycles. The summed E-state index contributed by atoms with van der Waals surface area (Å²) in [4.78, 5) is 0. The van der Waals surface area contributed by atoms with Crippen molar-refractivity contribution in [3.63, 3.8) is 0 Å². The lowest BCUT2D eigenvalue weighted by atomic mass is 10.0. The number of rotatable bonds is 4. The zero-order valence-electron chi connectivity index (χ0n) is 18.5. The van der Waals surface area contributed by atoms with Gasteiger partial charge in [-0.05, 0) is 72.6 Å². The first-order valence-electron chi connectivity index (χ1n) is 11.3. The van der Waals surface area contributed by atoms with Crippen molar-refractivity contribution in [2.45, 2.75) is 6.92 Å². The van der Waals surface area contributed by atoms with Gasteiger partial charge in [0.25, 0.3) is 0 Å². The second kappa shape index (κ2) is 7.99. The molecule has 0 amide bonds. The van der Waals surface area contributed by atoms with Gasteiger partial charge < -0.3 is 9.88 Å². The summed E-state index contributed by atoms with van der Waals surface area (Å²) in [6.45, 7) is 2.13. The normalized spacial score (nSPS) is 11.2. The molecule has 0 spiro atoms. The van der Waals surface area contributed by atoms with Gasteiger partial charge in [0.15, 0.2) is 0 Å². The van der Waals surface area contributed by atoms with Gasteiger partial charge in [-0.3, -0.25) is 0 Å². The van der Waals surface area contributed by atoms with E-state index >= 15 is 0 Å². The molecule has 0 aliphatic carbocycles. The number of benzene rings is 5. The van der Waals surface area contributed by atoms with E-state index in [1.807, 2.05) is 18.2 Å². The van der Waals surface area contributed by atoms with Crippen LogP contribution < -0.4 is 5.32 Å². The third kappa shape index (κ3) is 3.56. The van der Waals surface area contributed by atoms with E-state index in [-0.39, 0.29) is 0 Å². The quantitative estimate of drug-likeness (QED) is 0.300. The van der Waals surface area contributed by atoms with E-state index in [4.69, 9.17) is 0 Å². The Morgan fingerprint density at radius 1 is 0.515 bits per heavy atom. The lowest BCUT2D eigenvalue weighted by Gasteiger charge is -2.09. The van der Waals surface area contributed by atoms with Crippen molar-refractivity contribution < 1.29 is 0 Å². The number of aryl methyl sites for hydroxylation is 1. The monoisotopic (exact) mass is 424 g/mol. The summed E-state index contributed by atoms with van der Waals surface area (Å²) in [5.41, 5.74) is 9.53. The van der Waals surface area contributed by atoms with Crippen molar-refractivity contribution in [1.82, 2.24) is 4.57 Å². The lowest BCUT2D eigenvalue weighted by molar-refractivity contribution is 1.17. The van der Waals surface area contributed by atoms with Crippen LogP contribution in [0.2, 0.25) is 0 Å². The molecule has 158 valence electrons. The number of anilines is 2.